The number of hydrogen-bond donors (Lipinski definition) is 1. The molecule has 28 heavy (non-hydrogen) atoms. The topological polar surface area (TPSA) is 29.1 Å². The van der Waals surface area contributed by atoms with Gasteiger partial charge in [-0.15, -0.1) is 0 Å². The Labute approximate surface area is 168 Å². The standard InChI is InChI=1S/C26H29NO/c1-4-25(23-16-15-19(2)17-20(23)3)27-26(28)18-24(21-11-7-5-8-12-21)22-13-9-6-10-14-22/h5-17,24-25H,4,18H2,1-3H3,(H,27,28). The Bertz CT molecular complexity index is 863. The van der Waals surface area contributed by atoms with E-state index in [4.69, 9.17) is 0 Å². The SMILES string of the molecule is CCC(NC(=O)CC(c1ccccc1)c1ccccc1)c1ccc(C)cc1C. The van der Waals surface area contributed by atoms with Gasteiger partial charge in [0.15, 0.2) is 0 Å². The minimum atomic E-state index is 0.0419. The summed E-state index contributed by atoms with van der Waals surface area (Å²) in [5.41, 5.74) is 6.02. The molecule has 0 aromatic heterocycles. The van der Waals surface area contributed by atoms with Crippen LogP contribution in [-0.4, -0.2) is 5.91 Å². The maximum absolute atomic E-state index is 13.0. The lowest BCUT2D eigenvalue weighted by atomic mass is 9.88. The van der Waals surface area contributed by atoms with E-state index in [0.717, 1.165) is 6.42 Å². The van der Waals surface area contributed by atoms with Crippen molar-refractivity contribution in [1.29, 1.82) is 0 Å². The fourth-order valence-electron chi connectivity index (χ4n) is 3.85. The lowest BCUT2D eigenvalue weighted by molar-refractivity contribution is -0.122. The van der Waals surface area contributed by atoms with Crippen LogP contribution in [0.25, 0.3) is 0 Å². The number of benzene rings is 3. The fraction of sp³-hybridized carbons (Fsp3) is 0.269. The summed E-state index contributed by atoms with van der Waals surface area (Å²) in [6.45, 7) is 6.34. The Balaban J connectivity index is 1.80. The van der Waals surface area contributed by atoms with Gasteiger partial charge in [0, 0.05) is 12.3 Å². The molecule has 0 spiro atoms. The van der Waals surface area contributed by atoms with Gasteiger partial charge in [0.05, 0.1) is 6.04 Å². The van der Waals surface area contributed by atoms with Crippen LogP contribution in [0.2, 0.25) is 0 Å². The van der Waals surface area contributed by atoms with Crippen molar-refractivity contribution in [2.24, 2.45) is 0 Å². The van der Waals surface area contributed by atoms with Crippen LogP contribution in [0.1, 0.15) is 59.5 Å². The second-order valence-corrected chi connectivity index (χ2v) is 7.47. The highest BCUT2D eigenvalue weighted by molar-refractivity contribution is 5.78. The number of carbonyl (C=O) groups excluding carboxylic acids is 1. The van der Waals surface area contributed by atoms with E-state index >= 15 is 0 Å². The van der Waals surface area contributed by atoms with E-state index < -0.39 is 0 Å². The lowest BCUT2D eigenvalue weighted by Gasteiger charge is -2.23. The number of hydrogen-bond acceptors (Lipinski definition) is 1. The van der Waals surface area contributed by atoms with Gasteiger partial charge in [-0.3, -0.25) is 4.79 Å². The van der Waals surface area contributed by atoms with E-state index in [-0.39, 0.29) is 17.9 Å². The van der Waals surface area contributed by atoms with Crippen molar-refractivity contribution >= 4 is 5.91 Å². The molecule has 3 rings (SSSR count). The molecule has 1 N–H and O–H groups in total. The van der Waals surface area contributed by atoms with Gasteiger partial charge in [0.2, 0.25) is 5.91 Å². The van der Waals surface area contributed by atoms with Crippen LogP contribution in [0.3, 0.4) is 0 Å². The minimum absolute atomic E-state index is 0.0419. The van der Waals surface area contributed by atoms with Crippen molar-refractivity contribution in [2.75, 3.05) is 0 Å². The first-order chi connectivity index (χ1) is 13.6. The van der Waals surface area contributed by atoms with E-state index in [0.29, 0.717) is 6.42 Å². The minimum Gasteiger partial charge on any atom is -0.349 e. The monoisotopic (exact) mass is 371 g/mol. The highest BCUT2D eigenvalue weighted by Gasteiger charge is 2.21. The molecule has 0 aliphatic heterocycles. The number of carbonyl (C=O) groups is 1. The zero-order valence-electron chi connectivity index (χ0n) is 17.0. The van der Waals surface area contributed by atoms with Crippen molar-refractivity contribution in [3.05, 3.63) is 107 Å². The van der Waals surface area contributed by atoms with Gasteiger partial charge < -0.3 is 5.32 Å². The van der Waals surface area contributed by atoms with Gasteiger partial charge in [-0.25, -0.2) is 0 Å². The van der Waals surface area contributed by atoms with E-state index in [1.807, 2.05) is 36.4 Å². The number of rotatable bonds is 7. The molecule has 0 radical (unpaired) electrons. The van der Waals surface area contributed by atoms with Crippen LogP contribution in [0.4, 0.5) is 0 Å². The molecule has 0 saturated heterocycles. The molecule has 0 heterocycles. The fourth-order valence-corrected chi connectivity index (χ4v) is 3.85. The third-order valence-corrected chi connectivity index (χ3v) is 5.34. The zero-order valence-corrected chi connectivity index (χ0v) is 17.0. The molecule has 1 amide bonds. The Morgan fingerprint density at radius 2 is 1.43 bits per heavy atom. The highest BCUT2D eigenvalue weighted by Crippen LogP contribution is 2.29. The highest BCUT2D eigenvalue weighted by atomic mass is 16.1. The number of nitrogens with one attached hydrogen (secondary N) is 1. The van der Waals surface area contributed by atoms with Crippen LogP contribution in [0.15, 0.2) is 78.9 Å². The molecular weight excluding hydrogens is 342 g/mol. The van der Waals surface area contributed by atoms with Crippen molar-refractivity contribution in [3.8, 4) is 0 Å². The van der Waals surface area contributed by atoms with Crippen LogP contribution in [0, 0.1) is 13.8 Å². The smallest absolute Gasteiger partial charge is 0.221 e. The van der Waals surface area contributed by atoms with Crippen molar-refractivity contribution in [1.82, 2.24) is 5.32 Å². The molecule has 144 valence electrons. The third-order valence-electron chi connectivity index (χ3n) is 5.34. The summed E-state index contributed by atoms with van der Waals surface area (Å²) >= 11 is 0. The Hall–Kier alpha value is -2.87. The first-order valence-corrected chi connectivity index (χ1v) is 10.0. The first kappa shape index (κ1) is 19.9. The number of amides is 1. The van der Waals surface area contributed by atoms with Gasteiger partial charge in [-0.2, -0.15) is 0 Å². The summed E-state index contributed by atoms with van der Waals surface area (Å²) in [5, 5.41) is 3.27. The average Bonchev–Trinajstić information content (AvgIpc) is 2.72. The Morgan fingerprint density at radius 3 is 1.93 bits per heavy atom. The van der Waals surface area contributed by atoms with Gasteiger partial charge >= 0.3 is 0 Å². The van der Waals surface area contributed by atoms with E-state index in [1.165, 1.54) is 27.8 Å². The molecule has 0 saturated carbocycles. The van der Waals surface area contributed by atoms with Gasteiger partial charge in [-0.1, -0.05) is 91.3 Å². The predicted molar refractivity (Wildman–Crippen MR) is 116 cm³/mol. The predicted octanol–water partition coefficient (Wildman–Crippen LogP) is 6.09. The number of aryl methyl sites for hydroxylation is 2. The lowest BCUT2D eigenvalue weighted by Crippen LogP contribution is -2.30. The summed E-state index contributed by atoms with van der Waals surface area (Å²) in [5.74, 6) is 0.142. The molecule has 2 nitrogen and oxygen atoms in total. The third kappa shape index (κ3) is 4.89. The second kappa shape index (κ2) is 9.36. The summed E-state index contributed by atoms with van der Waals surface area (Å²) in [7, 11) is 0. The molecule has 0 bridgehead atoms. The summed E-state index contributed by atoms with van der Waals surface area (Å²) in [6, 6.07) is 27.1. The van der Waals surface area contributed by atoms with E-state index in [1.54, 1.807) is 0 Å². The molecule has 3 aromatic rings. The van der Waals surface area contributed by atoms with Crippen molar-refractivity contribution in [3.63, 3.8) is 0 Å². The van der Waals surface area contributed by atoms with E-state index in [9.17, 15) is 4.79 Å². The second-order valence-electron chi connectivity index (χ2n) is 7.47. The zero-order chi connectivity index (χ0) is 19.9. The summed E-state index contributed by atoms with van der Waals surface area (Å²) in [6.07, 6.45) is 1.31. The van der Waals surface area contributed by atoms with Crippen LogP contribution in [-0.2, 0) is 4.79 Å². The van der Waals surface area contributed by atoms with Crippen molar-refractivity contribution < 1.29 is 4.79 Å². The molecule has 2 heteroatoms. The summed E-state index contributed by atoms with van der Waals surface area (Å²) < 4.78 is 0. The summed E-state index contributed by atoms with van der Waals surface area (Å²) in [4.78, 5) is 13.0. The quantitative estimate of drug-likeness (QED) is 0.535. The van der Waals surface area contributed by atoms with Gasteiger partial charge in [0.25, 0.3) is 0 Å². The van der Waals surface area contributed by atoms with Gasteiger partial charge in [-0.05, 0) is 42.5 Å². The molecule has 1 atom stereocenters. The largest absolute Gasteiger partial charge is 0.349 e. The average molecular weight is 372 g/mol. The molecule has 0 aliphatic rings. The molecule has 1 unspecified atom stereocenters. The molecular formula is C26H29NO. The normalized spacial score (nSPS) is 12.0. The molecule has 0 fully saturated rings. The van der Waals surface area contributed by atoms with Gasteiger partial charge in [0.1, 0.15) is 0 Å². The van der Waals surface area contributed by atoms with E-state index in [2.05, 4.69) is 68.6 Å². The Kier molecular flexibility index (Phi) is 6.65. The Morgan fingerprint density at radius 1 is 0.857 bits per heavy atom. The van der Waals surface area contributed by atoms with Crippen LogP contribution in [0.5, 0.6) is 0 Å². The van der Waals surface area contributed by atoms with Crippen LogP contribution >= 0.6 is 0 Å². The maximum atomic E-state index is 13.0. The van der Waals surface area contributed by atoms with Crippen molar-refractivity contribution in [2.45, 2.75) is 45.6 Å². The maximum Gasteiger partial charge on any atom is 0.221 e. The molecule has 0 aliphatic carbocycles. The molecule has 3 aromatic carbocycles. The first-order valence-electron chi connectivity index (χ1n) is 10.0. The van der Waals surface area contributed by atoms with Crippen LogP contribution < -0.4 is 5.32 Å².